The molecule has 2 aromatic rings. The van der Waals surface area contributed by atoms with Crippen LogP contribution in [-0.2, 0) is 12.8 Å². The fourth-order valence-electron chi connectivity index (χ4n) is 2.11. The maximum atomic E-state index is 6.20. The van der Waals surface area contributed by atoms with Gasteiger partial charge in [-0.25, -0.2) is 0 Å². The van der Waals surface area contributed by atoms with Crippen LogP contribution in [0, 0.1) is 5.92 Å². The van der Waals surface area contributed by atoms with Gasteiger partial charge in [-0.15, -0.1) is 11.6 Å². The third-order valence-corrected chi connectivity index (χ3v) is 4.46. The summed E-state index contributed by atoms with van der Waals surface area (Å²) in [6.45, 7) is 0. The predicted octanol–water partition coefficient (Wildman–Crippen LogP) is 5.74. The van der Waals surface area contributed by atoms with Crippen molar-refractivity contribution in [2.24, 2.45) is 5.92 Å². The van der Waals surface area contributed by atoms with Gasteiger partial charge in [0.25, 0.3) is 0 Å². The van der Waals surface area contributed by atoms with Gasteiger partial charge in [-0.2, -0.15) is 0 Å². The van der Waals surface area contributed by atoms with Crippen molar-refractivity contribution >= 4 is 39.1 Å². The fraction of sp³-hybridized carbons (Fsp3) is 0.250. The number of alkyl halides is 1. The van der Waals surface area contributed by atoms with Crippen molar-refractivity contribution in [1.82, 2.24) is 0 Å². The Morgan fingerprint density at radius 3 is 2.26 bits per heavy atom. The lowest BCUT2D eigenvalue weighted by atomic mass is 9.94. The van der Waals surface area contributed by atoms with E-state index >= 15 is 0 Å². The lowest BCUT2D eigenvalue weighted by Gasteiger charge is -2.15. The summed E-state index contributed by atoms with van der Waals surface area (Å²) in [7, 11) is 0. The summed E-state index contributed by atoms with van der Waals surface area (Å²) < 4.78 is 1.10. The zero-order valence-corrected chi connectivity index (χ0v) is 13.5. The average molecular weight is 358 g/mol. The first-order valence-electron chi connectivity index (χ1n) is 6.23. The molecule has 2 rings (SSSR count). The van der Waals surface area contributed by atoms with Crippen LogP contribution in [0.3, 0.4) is 0 Å². The molecule has 0 bridgehead atoms. The minimum Gasteiger partial charge on any atom is -0.126 e. The minimum atomic E-state index is 0.405. The highest BCUT2D eigenvalue weighted by molar-refractivity contribution is 9.10. The smallest absolute Gasteiger partial charge is 0.0438 e. The van der Waals surface area contributed by atoms with Crippen LogP contribution >= 0.6 is 39.1 Å². The normalized spacial score (nSPS) is 12.4. The van der Waals surface area contributed by atoms with E-state index in [1.807, 2.05) is 18.2 Å². The number of hydrogen-bond donors (Lipinski definition) is 0. The molecule has 0 amide bonds. The zero-order valence-electron chi connectivity index (χ0n) is 10.5. The number of halogens is 3. The van der Waals surface area contributed by atoms with Crippen molar-refractivity contribution in [3.63, 3.8) is 0 Å². The standard InChI is InChI=1S/C16H15BrCl2/c17-15-7-5-12(6-8-15)9-13(11-18)10-14-3-1-2-4-16(14)19/h1-8,13H,9-11H2. The highest BCUT2D eigenvalue weighted by Crippen LogP contribution is 2.22. The van der Waals surface area contributed by atoms with Gasteiger partial charge in [0.2, 0.25) is 0 Å². The van der Waals surface area contributed by atoms with Crippen molar-refractivity contribution in [3.05, 3.63) is 69.2 Å². The molecule has 0 aliphatic heterocycles. The average Bonchev–Trinajstić information content (AvgIpc) is 2.43. The second kappa shape index (κ2) is 7.33. The first kappa shape index (κ1) is 14.9. The van der Waals surface area contributed by atoms with Crippen molar-refractivity contribution in [1.29, 1.82) is 0 Å². The summed E-state index contributed by atoms with van der Waals surface area (Å²) in [5, 5.41) is 0.827. The SMILES string of the molecule is ClCC(Cc1ccc(Br)cc1)Cc1ccccc1Cl. The third-order valence-electron chi connectivity index (χ3n) is 3.12. The van der Waals surface area contributed by atoms with Crippen molar-refractivity contribution in [2.75, 3.05) is 5.88 Å². The second-order valence-electron chi connectivity index (χ2n) is 4.65. The third kappa shape index (κ3) is 4.52. The van der Waals surface area contributed by atoms with E-state index in [-0.39, 0.29) is 0 Å². The fourth-order valence-corrected chi connectivity index (χ4v) is 2.81. The summed E-state index contributed by atoms with van der Waals surface area (Å²) in [4.78, 5) is 0. The van der Waals surface area contributed by atoms with Crippen molar-refractivity contribution in [3.8, 4) is 0 Å². The van der Waals surface area contributed by atoms with Gasteiger partial charge in [0.1, 0.15) is 0 Å². The molecular weight excluding hydrogens is 343 g/mol. The summed E-state index contributed by atoms with van der Waals surface area (Å²) in [5.74, 6) is 1.05. The lowest BCUT2D eigenvalue weighted by Crippen LogP contribution is -2.10. The maximum absolute atomic E-state index is 6.20. The van der Waals surface area contributed by atoms with Crippen LogP contribution in [0.5, 0.6) is 0 Å². The maximum Gasteiger partial charge on any atom is 0.0438 e. The van der Waals surface area contributed by atoms with Gasteiger partial charge >= 0.3 is 0 Å². The molecule has 0 aliphatic carbocycles. The van der Waals surface area contributed by atoms with Gasteiger partial charge < -0.3 is 0 Å². The molecule has 0 aromatic heterocycles. The van der Waals surface area contributed by atoms with Crippen LogP contribution in [0.1, 0.15) is 11.1 Å². The molecule has 0 nitrogen and oxygen atoms in total. The van der Waals surface area contributed by atoms with Crippen LogP contribution in [0.4, 0.5) is 0 Å². The first-order valence-corrected chi connectivity index (χ1v) is 7.93. The Balaban J connectivity index is 2.05. The molecule has 1 unspecified atom stereocenters. The van der Waals surface area contributed by atoms with Gasteiger partial charge in [-0.05, 0) is 48.1 Å². The largest absolute Gasteiger partial charge is 0.126 e. The second-order valence-corrected chi connectivity index (χ2v) is 6.28. The summed E-state index contributed by atoms with van der Waals surface area (Å²) >= 11 is 15.7. The summed E-state index contributed by atoms with van der Waals surface area (Å²) in [5.41, 5.74) is 2.48. The van der Waals surface area contributed by atoms with E-state index in [1.54, 1.807) is 0 Å². The Labute approximate surface area is 132 Å². The number of benzene rings is 2. The van der Waals surface area contributed by atoms with Crippen LogP contribution in [0.15, 0.2) is 53.0 Å². The van der Waals surface area contributed by atoms with Crippen LogP contribution in [-0.4, -0.2) is 5.88 Å². The van der Waals surface area contributed by atoms with Gasteiger partial charge in [0, 0.05) is 15.4 Å². The summed E-state index contributed by atoms with van der Waals surface area (Å²) in [6, 6.07) is 16.4. The molecule has 1 atom stereocenters. The minimum absolute atomic E-state index is 0.405. The highest BCUT2D eigenvalue weighted by Gasteiger charge is 2.11. The molecule has 0 saturated heterocycles. The predicted molar refractivity (Wildman–Crippen MR) is 87.2 cm³/mol. The molecule has 0 aliphatic rings. The monoisotopic (exact) mass is 356 g/mol. The van der Waals surface area contributed by atoms with Gasteiger partial charge in [0.05, 0.1) is 0 Å². The van der Waals surface area contributed by atoms with Gasteiger partial charge in [0.15, 0.2) is 0 Å². The van der Waals surface area contributed by atoms with Crippen LogP contribution < -0.4 is 0 Å². The Morgan fingerprint density at radius 1 is 0.947 bits per heavy atom. The van der Waals surface area contributed by atoms with Gasteiger partial charge in [-0.3, -0.25) is 0 Å². The van der Waals surface area contributed by atoms with Crippen LogP contribution in [0.2, 0.25) is 5.02 Å². The molecule has 19 heavy (non-hydrogen) atoms. The van der Waals surface area contributed by atoms with Crippen molar-refractivity contribution in [2.45, 2.75) is 12.8 Å². The van der Waals surface area contributed by atoms with E-state index in [0.29, 0.717) is 11.8 Å². The molecule has 0 saturated carbocycles. The zero-order chi connectivity index (χ0) is 13.7. The molecule has 0 heterocycles. The molecule has 0 radical (unpaired) electrons. The van der Waals surface area contributed by atoms with Crippen molar-refractivity contribution < 1.29 is 0 Å². The first-order chi connectivity index (χ1) is 9.19. The van der Waals surface area contributed by atoms with E-state index in [0.717, 1.165) is 22.3 Å². The molecule has 2 aromatic carbocycles. The van der Waals surface area contributed by atoms with E-state index in [1.165, 1.54) is 11.1 Å². The van der Waals surface area contributed by atoms with E-state index in [4.69, 9.17) is 23.2 Å². The Hall–Kier alpha value is -0.500. The topological polar surface area (TPSA) is 0 Å². The van der Waals surface area contributed by atoms with Crippen LogP contribution in [0.25, 0.3) is 0 Å². The molecule has 0 fully saturated rings. The molecule has 100 valence electrons. The quantitative estimate of drug-likeness (QED) is 0.598. The van der Waals surface area contributed by atoms with E-state index in [9.17, 15) is 0 Å². The number of hydrogen-bond acceptors (Lipinski definition) is 0. The van der Waals surface area contributed by atoms with E-state index in [2.05, 4.69) is 46.3 Å². The number of rotatable bonds is 5. The lowest BCUT2D eigenvalue weighted by molar-refractivity contribution is 0.584. The Morgan fingerprint density at radius 2 is 1.63 bits per heavy atom. The molecule has 0 N–H and O–H groups in total. The highest BCUT2D eigenvalue weighted by atomic mass is 79.9. The van der Waals surface area contributed by atoms with E-state index < -0.39 is 0 Å². The Kier molecular flexibility index (Phi) is 5.75. The Bertz CT molecular complexity index is 523. The molecule has 3 heteroatoms. The van der Waals surface area contributed by atoms with Gasteiger partial charge in [-0.1, -0.05) is 57.9 Å². The summed E-state index contributed by atoms with van der Waals surface area (Å²) in [6.07, 6.45) is 1.89. The molecule has 0 spiro atoms. The molecular formula is C16H15BrCl2.